The molecular formula is C31H44Cl2N6O2. The summed E-state index contributed by atoms with van der Waals surface area (Å²) in [5.41, 5.74) is 13.0. The first-order chi connectivity index (χ1) is 19.0. The average Bonchev–Trinajstić information content (AvgIpc) is 3.71. The summed E-state index contributed by atoms with van der Waals surface area (Å²) in [6.07, 6.45) is 9.70. The zero-order valence-corrected chi connectivity index (χ0v) is 25.2. The zero-order chi connectivity index (χ0) is 27.2. The molecule has 2 aromatic carbocycles. The topological polar surface area (TPSA) is 126 Å². The second kappa shape index (κ2) is 14.9. The lowest BCUT2D eigenvalue weighted by atomic mass is 9.84. The third-order valence-electron chi connectivity index (χ3n) is 8.78. The number of halogens is 2. The van der Waals surface area contributed by atoms with Crippen LogP contribution in [0.1, 0.15) is 68.9 Å². The van der Waals surface area contributed by atoms with E-state index in [1.165, 1.54) is 37.7 Å². The fraction of sp³-hybridized carbons (Fsp3) is 0.516. The molecular weight excluding hydrogens is 559 g/mol. The Morgan fingerprint density at radius 2 is 1.59 bits per heavy atom. The fourth-order valence-corrected chi connectivity index (χ4v) is 6.62. The van der Waals surface area contributed by atoms with E-state index in [4.69, 9.17) is 11.5 Å². The largest absolute Gasteiger partial charge is 0.370 e. The number of piperidine rings is 1. The van der Waals surface area contributed by atoms with Crippen LogP contribution in [-0.4, -0.2) is 40.8 Å². The predicted molar refractivity (Wildman–Crippen MR) is 168 cm³/mol. The Balaban J connectivity index is 0.00000231. The fourth-order valence-electron chi connectivity index (χ4n) is 6.62. The second-order valence-electron chi connectivity index (χ2n) is 11.5. The monoisotopic (exact) mass is 602 g/mol. The van der Waals surface area contributed by atoms with Gasteiger partial charge in [-0.15, -0.1) is 24.8 Å². The maximum atomic E-state index is 14.2. The smallest absolute Gasteiger partial charge is 0.246 e. The average molecular weight is 604 g/mol. The first-order valence-electron chi connectivity index (χ1n) is 14.5. The van der Waals surface area contributed by atoms with Crippen molar-refractivity contribution in [3.8, 4) is 0 Å². The van der Waals surface area contributed by atoms with Gasteiger partial charge in [0.1, 0.15) is 5.54 Å². The van der Waals surface area contributed by atoms with Crippen molar-refractivity contribution in [2.45, 2.75) is 82.5 Å². The van der Waals surface area contributed by atoms with Crippen LogP contribution >= 0.6 is 24.8 Å². The predicted octanol–water partition coefficient (Wildman–Crippen LogP) is 4.56. The molecule has 1 heterocycles. The molecule has 5 rings (SSSR count). The summed E-state index contributed by atoms with van der Waals surface area (Å²) in [7, 11) is 0. The Hall–Kier alpha value is -2.81. The van der Waals surface area contributed by atoms with E-state index in [-0.39, 0.29) is 54.5 Å². The Kier molecular flexibility index (Phi) is 11.9. The number of fused-ring (bicyclic) bond motifs is 1. The van der Waals surface area contributed by atoms with Crippen molar-refractivity contribution in [3.63, 3.8) is 0 Å². The van der Waals surface area contributed by atoms with Crippen molar-refractivity contribution in [1.29, 1.82) is 0 Å². The Morgan fingerprint density at radius 1 is 0.902 bits per heavy atom. The van der Waals surface area contributed by atoms with Crippen LogP contribution < -0.4 is 22.1 Å². The highest BCUT2D eigenvalue weighted by Gasteiger charge is 2.66. The molecule has 1 saturated heterocycles. The van der Waals surface area contributed by atoms with Crippen molar-refractivity contribution in [2.75, 3.05) is 6.54 Å². The number of benzene rings is 2. The Labute approximate surface area is 255 Å². The van der Waals surface area contributed by atoms with Crippen molar-refractivity contribution in [2.24, 2.45) is 28.3 Å². The number of nitrogens with one attached hydrogen (secondary N) is 2. The minimum atomic E-state index is -0.715. The third-order valence-corrected chi connectivity index (χ3v) is 8.78. The molecule has 3 fully saturated rings. The van der Waals surface area contributed by atoms with Crippen molar-refractivity contribution in [1.82, 2.24) is 15.5 Å². The van der Waals surface area contributed by atoms with Gasteiger partial charge in [-0.05, 0) is 60.8 Å². The molecule has 41 heavy (non-hydrogen) atoms. The second-order valence-corrected chi connectivity index (χ2v) is 11.5. The number of likely N-dealkylation sites (tertiary alicyclic amines) is 1. The first-order valence-corrected chi connectivity index (χ1v) is 14.5. The van der Waals surface area contributed by atoms with Crippen LogP contribution in [0.15, 0.2) is 59.6 Å². The van der Waals surface area contributed by atoms with E-state index in [1.54, 1.807) is 0 Å². The van der Waals surface area contributed by atoms with Crippen LogP contribution in [-0.2, 0) is 22.7 Å². The lowest BCUT2D eigenvalue weighted by Gasteiger charge is -2.39. The summed E-state index contributed by atoms with van der Waals surface area (Å²) in [6, 6.07) is 17.4. The Bertz CT molecular complexity index is 1170. The van der Waals surface area contributed by atoms with E-state index in [9.17, 15) is 9.59 Å². The van der Waals surface area contributed by atoms with Gasteiger partial charge in [0.2, 0.25) is 11.8 Å². The van der Waals surface area contributed by atoms with Crippen molar-refractivity contribution in [3.05, 3.63) is 65.7 Å². The molecule has 0 unspecified atom stereocenters. The molecule has 10 heteroatoms. The lowest BCUT2D eigenvalue weighted by Crippen LogP contribution is -2.59. The Morgan fingerprint density at radius 3 is 2.27 bits per heavy atom. The van der Waals surface area contributed by atoms with Gasteiger partial charge in [-0.25, -0.2) is 4.99 Å². The van der Waals surface area contributed by atoms with E-state index >= 15 is 0 Å². The van der Waals surface area contributed by atoms with Gasteiger partial charge in [0, 0.05) is 19.6 Å². The van der Waals surface area contributed by atoms with Crippen LogP contribution in [0, 0.1) is 11.8 Å². The standard InChI is InChI=1S/C31H42N6O2.2ClH/c32-30(33)36-26-15-13-24(14-16-26)21-35-29(39)31-19-25(31)12-7-17-37(31)28(38)27(18-22-8-3-1-4-9-22)34-20-23-10-5-2-6-11-23;;/h2,5-6,10-11,13-16,22,25,27,34H,1,3-4,7-9,12,17-21H2,(H,35,39)(H4,32,33,36);2*1H/t25-,27-,31+;;/m1../s1. The molecule has 3 atom stereocenters. The van der Waals surface area contributed by atoms with Gasteiger partial charge in [-0.1, -0.05) is 74.6 Å². The quantitative estimate of drug-likeness (QED) is 0.234. The number of rotatable bonds is 10. The number of nitrogens with two attached hydrogens (primary N) is 2. The van der Waals surface area contributed by atoms with E-state index in [0.717, 1.165) is 31.2 Å². The van der Waals surface area contributed by atoms with Gasteiger partial charge in [0.15, 0.2) is 5.96 Å². The molecule has 2 amide bonds. The van der Waals surface area contributed by atoms with E-state index in [1.807, 2.05) is 47.4 Å². The number of aliphatic imine (C=N–C) groups is 1. The molecule has 0 bridgehead atoms. The summed E-state index contributed by atoms with van der Waals surface area (Å²) >= 11 is 0. The molecule has 6 N–H and O–H groups in total. The molecule has 0 radical (unpaired) electrons. The highest BCUT2D eigenvalue weighted by Crippen LogP contribution is 2.54. The van der Waals surface area contributed by atoms with Crippen molar-refractivity contribution < 1.29 is 9.59 Å². The van der Waals surface area contributed by atoms with Gasteiger partial charge in [0.25, 0.3) is 0 Å². The maximum absolute atomic E-state index is 14.2. The van der Waals surface area contributed by atoms with E-state index < -0.39 is 5.54 Å². The van der Waals surface area contributed by atoms with Gasteiger partial charge in [-0.2, -0.15) is 0 Å². The number of hydrogen-bond donors (Lipinski definition) is 4. The summed E-state index contributed by atoms with van der Waals surface area (Å²) in [4.78, 5) is 33.8. The normalized spacial score (nSPS) is 22.2. The molecule has 0 spiro atoms. The number of amides is 2. The summed E-state index contributed by atoms with van der Waals surface area (Å²) in [6.45, 7) is 1.69. The van der Waals surface area contributed by atoms with Crippen LogP contribution in [0.5, 0.6) is 0 Å². The van der Waals surface area contributed by atoms with E-state index in [0.29, 0.717) is 31.2 Å². The summed E-state index contributed by atoms with van der Waals surface area (Å²) in [5, 5.41) is 6.74. The number of carbonyl (C=O) groups is 2. The van der Waals surface area contributed by atoms with E-state index in [2.05, 4.69) is 27.8 Å². The van der Waals surface area contributed by atoms with Crippen molar-refractivity contribution >= 4 is 48.3 Å². The summed E-state index contributed by atoms with van der Waals surface area (Å²) in [5.74, 6) is 0.868. The third kappa shape index (κ3) is 7.93. The number of carbonyl (C=O) groups excluding carboxylic acids is 2. The molecule has 1 aliphatic heterocycles. The maximum Gasteiger partial charge on any atom is 0.246 e. The minimum absolute atomic E-state index is 0. The molecule has 2 aromatic rings. The van der Waals surface area contributed by atoms with Gasteiger partial charge >= 0.3 is 0 Å². The molecule has 3 aliphatic rings. The van der Waals surface area contributed by atoms with Gasteiger partial charge in [-0.3, -0.25) is 9.59 Å². The molecule has 0 aromatic heterocycles. The molecule has 2 aliphatic carbocycles. The molecule has 2 saturated carbocycles. The van der Waals surface area contributed by atoms with Crippen LogP contribution in [0.2, 0.25) is 0 Å². The van der Waals surface area contributed by atoms with Gasteiger partial charge in [0.05, 0.1) is 11.7 Å². The highest BCUT2D eigenvalue weighted by atomic mass is 35.5. The van der Waals surface area contributed by atoms with Crippen LogP contribution in [0.3, 0.4) is 0 Å². The molecule has 224 valence electrons. The first kappa shape index (κ1) is 32.7. The number of nitrogens with zero attached hydrogens (tertiary/aromatic N) is 2. The van der Waals surface area contributed by atoms with Crippen LogP contribution in [0.4, 0.5) is 5.69 Å². The van der Waals surface area contributed by atoms with Crippen LogP contribution in [0.25, 0.3) is 0 Å². The zero-order valence-electron chi connectivity index (χ0n) is 23.6. The lowest BCUT2D eigenvalue weighted by molar-refractivity contribution is -0.146. The number of hydrogen-bond acceptors (Lipinski definition) is 4. The minimum Gasteiger partial charge on any atom is -0.370 e. The number of guanidine groups is 1. The highest BCUT2D eigenvalue weighted by molar-refractivity contribution is 5.96. The summed E-state index contributed by atoms with van der Waals surface area (Å²) < 4.78 is 0. The van der Waals surface area contributed by atoms with Gasteiger partial charge < -0.3 is 27.0 Å². The molecule has 8 nitrogen and oxygen atoms in total. The SMILES string of the molecule is Cl.Cl.NC(N)=Nc1ccc(CNC(=O)[C@]23C[C@H]2CCCN3C(=O)[C@@H](CC2CCCCC2)NCc2ccccc2)cc1.